The standard InChI is InChI=1S/C15H13BrFNO2/c16-12-5-6-13(18-9-12)8-11(15(19)20)7-10-3-1-2-4-14(10)17/h1-6,9,11H,7-8H2,(H,19,20). The average Bonchev–Trinajstić information content (AvgIpc) is 2.42. The molecule has 2 aromatic rings. The van der Waals surface area contributed by atoms with Crippen molar-refractivity contribution < 1.29 is 14.3 Å². The highest BCUT2D eigenvalue weighted by atomic mass is 79.9. The molecule has 0 amide bonds. The average molecular weight is 338 g/mol. The minimum absolute atomic E-state index is 0.153. The Bertz CT molecular complexity index is 601. The molecule has 3 nitrogen and oxygen atoms in total. The van der Waals surface area contributed by atoms with Crippen molar-refractivity contribution in [3.8, 4) is 0 Å². The molecule has 20 heavy (non-hydrogen) atoms. The second kappa shape index (κ2) is 6.61. The van der Waals surface area contributed by atoms with Crippen LogP contribution >= 0.6 is 15.9 Å². The van der Waals surface area contributed by atoms with Crippen molar-refractivity contribution in [1.82, 2.24) is 4.98 Å². The van der Waals surface area contributed by atoms with Gasteiger partial charge in [-0.15, -0.1) is 0 Å². The van der Waals surface area contributed by atoms with E-state index in [1.54, 1.807) is 30.5 Å². The maximum atomic E-state index is 13.6. The molecule has 0 aliphatic rings. The van der Waals surface area contributed by atoms with E-state index in [1.807, 2.05) is 6.07 Å². The lowest BCUT2D eigenvalue weighted by Gasteiger charge is -2.12. The topological polar surface area (TPSA) is 50.2 Å². The van der Waals surface area contributed by atoms with E-state index in [4.69, 9.17) is 0 Å². The largest absolute Gasteiger partial charge is 0.481 e. The molecule has 1 N–H and O–H groups in total. The lowest BCUT2D eigenvalue weighted by molar-refractivity contribution is -0.141. The van der Waals surface area contributed by atoms with E-state index < -0.39 is 11.9 Å². The van der Waals surface area contributed by atoms with Crippen molar-refractivity contribution in [3.05, 3.63) is 64.1 Å². The molecule has 0 spiro atoms. The van der Waals surface area contributed by atoms with Gasteiger partial charge < -0.3 is 5.11 Å². The number of carbonyl (C=O) groups is 1. The zero-order chi connectivity index (χ0) is 14.5. The van der Waals surface area contributed by atoms with Gasteiger partial charge in [0.2, 0.25) is 0 Å². The Morgan fingerprint density at radius 1 is 1.25 bits per heavy atom. The Morgan fingerprint density at radius 2 is 2.00 bits per heavy atom. The lowest BCUT2D eigenvalue weighted by Crippen LogP contribution is -2.20. The number of aliphatic carboxylic acids is 1. The lowest BCUT2D eigenvalue weighted by atomic mass is 9.94. The van der Waals surface area contributed by atoms with Crippen LogP contribution in [0.15, 0.2) is 47.1 Å². The number of hydrogen-bond donors (Lipinski definition) is 1. The van der Waals surface area contributed by atoms with Crippen molar-refractivity contribution in [2.75, 3.05) is 0 Å². The summed E-state index contributed by atoms with van der Waals surface area (Å²) in [7, 11) is 0. The summed E-state index contributed by atoms with van der Waals surface area (Å²) in [6.07, 6.45) is 2.05. The van der Waals surface area contributed by atoms with Gasteiger partial charge in [-0.05, 0) is 46.1 Å². The predicted molar refractivity (Wildman–Crippen MR) is 76.9 cm³/mol. The van der Waals surface area contributed by atoms with E-state index >= 15 is 0 Å². The first kappa shape index (κ1) is 14.7. The fourth-order valence-electron chi connectivity index (χ4n) is 1.96. The summed E-state index contributed by atoms with van der Waals surface area (Å²) in [6, 6.07) is 9.82. The van der Waals surface area contributed by atoms with Gasteiger partial charge in [0.1, 0.15) is 5.82 Å². The van der Waals surface area contributed by atoms with E-state index in [9.17, 15) is 14.3 Å². The number of carboxylic acid groups (broad SMARTS) is 1. The second-order valence-electron chi connectivity index (χ2n) is 4.50. The zero-order valence-electron chi connectivity index (χ0n) is 10.6. The summed E-state index contributed by atoms with van der Waals surface area (Å²) in [5.74, 6) is -2.01. The summed E-state index contributed by atoms with van der Waals surface area (Å²) in [4.78, 5) is 15.5. The van der Waals surface area contributed by atoms with Crippen LogP contribution in [0.2, 0.25) is 0 Å². The number of nitrogens with zero attached hydrogens (tertiary/aromatic N) is 1. The molecule has 1 aromatic heterocycles. The highest BCUT2D eigenvalue weighted by molar-refractivity contribution is 9.10. The van der Waals surface area contributed by atoms with Gasteiger partial charge in [-0.25, -0.2) is 4.39 Å². The fraction of sp³-hybridized carbons (Fsp3) is 0.200. The molecule has 0 aliphatic carbocycles. The fourth-order valence-corrected chi connectivity index (χ4v) is 2.19. The molecule has 0 saturated heterocycles. The summed E-state index contributed by atoms with van der Waals surface area (Å²) in [5.41, 5.74) is 1.09. The monoisotopic (exact) mass is 337 g/mol. The quantitative estimate of drug-likeness (QED) is 0.908. The minimum Gasteiger partial charge on any atom is -0.481 e. The minimum atomic E-state index is -0.946. The maximum absolute atomic E-state index is 13.6. The van der Waals surface area contributed by atoms with Gasteiger partial charge in [0.25, 0.3) is 0 Å². The van der Waals surface area contributed by atoms with Gasteiger partial charge in [-0.1, -0.05) is 18.2 Å². The molecule has 0 aliphatic heterocycles. The molecule has 104 valence electrons. The van der Waals surface area contributed by atoms with E-state index in [2.05, 4.69) is 20.9 Å². The molecule has 0 fully saturated rings. The third-order valence-electron chi connectivity index (χ3n) is 3.02. The van der Waals surface area contributed by atoms with E-state index in [0.717, 1.165) is 4.47 Å². The number of benzene rings is 1. The van der Waals surface area contributed by atoms with Crippen LogP contribution in [0.5, 0.6) is 0 Å². The highest BCUT2D eigenvalue weighted by Gasteiger charge is 2.20. The SMILES string of the molecule is O=C(O)C(Cc1ccc(Br)cn1)Cc1ccccc1F. The van der Waals surface area contributed by atoms with Crippen LogP contribution in [0.1, 0.15) is 11.3 Å². The first-order chi connectivity index (χ1) is 9.56. The maximum Gasteiger partial charge on any atom is 0.307 e. The Morgan fingerprint density at radius 3 is 2.60 bits per heavy atom. The molecule has 0 saturated carbocycles. The molecule has 0 bridgehead atoms. The smallest absolute Gasteiger partial charge is 0.307 e. The van der Waals surface area contributed by atoms with E-state index in [-0.39, 0.29) is 18.7 Å². The molecular weight excluding hydrogens is 325 g/mol. The number of carboxylic acids is 1. The third-order valence-corrected chi connectivity index (χ3v) is 3.49. The Kier molecular flexibility index (Phi) is 4.84. The van der Waals surface area contributed by atoms with Crippen molar-refractivity contribution in [1.29, 1.82) is 0 Å². The van der Waals surface area contributed by atoms with Gasteiger partial charge in [0, 0.05) is 22.8 Å². The summed E-state index contributed by atoms with van der Waals surface area (Å²) in [5, 5.41) is 9.28. The van der Waals surface area contributed by atoms with Gasteiger partial charge in [0.15, 0.2) is 0 Å². The van der Waals surface area contributed by atoms with Crippen LogP contribution < -0.4 is 0 Å². The van der Waals surface area contributed by atoms with Crippen molar-refractivity contribution in [2.24, 2.45) is 5.92 Å². The summed E-state index contributed by atoms with van der Waals surface area (Å²) in [6.45, 7) is 0. The van der Waals surface area contributed by atoms with Crippen LogP contribution in [0.4, 0.5) is 4.39 Å². The van der Waals surface area contributed by atoms with Gasteiger partial charge in [0.05, 0.1) is 5.92 Å². The van der Waals surface area contributed by atoms with Crippen LogP contribution in [-0.4, -0.2) is 16.1 Å². The zero-order valence-corrected chi connectivity index (χ0v) is 12.2. The molecule has 1 atom stereocenters. The molecule has 1 aromatic carbocycles. The number of halogens is 2. The van der Waals surface area contributed by atoms with Crippen LogP contribution in [0.3, 0.4) is 0 Å². The molecule has 1 unspecified atom stereocenters. The molecule has 2 rings (SSSR count). The normalized spacial score (nSPS) is 12.1. The second-order valence-corrected chi connectivity index (χ2v) is 5.42. The molecule has 1 heterocycles. The van der Waals surface area contributed by atoms with Crippen LogP contribution in [0.25, 0.3) is 0 Å². The molecule has 0 radical (unpaired) electrons. The predicted octanol–water partition coefficient (Wildman–Crippen LogP) is 3.47. The molecule has 5 heteroatoms. The first-order valence-electron chi connectivity index (χ1n) is 6.13. The van der Waals surface area contributed by atoms with Crippen molar-refractivity contribution in [3.63, 3.8) is 0 Å². The first-order valence-corrected chi connectivity index (χ1v) is 6.92. The van der Waals surface area contributed by atoms with Gasteiger partial charge in [-0.3, -0.25) is 9.78 Å². The van der Waals surface area contributed by atoms with Crippen molar-refractivity contribution >= 4 is 21.9 Å². The number of rotatable bonds is 5. The number of aromatic nitrogens is 1. The van der Waals surface area contributed by atoms with Crippen LogP contribution in [-0.2, 0) is 17.6 Å². The Hall–Kier alpha value is -1.75. The van der Waals surface area contributed by atoms with Crippen LogP contribution in [0, 0.1) is 11.7 Å². The number of hydrogen-bond acceptors (Lipinski definition) is 2. The molecular formula is C15H13BrFNO2. The Balaban J connectivity index is 2.14. The van der Waals surface area contributed by atoms with Gasteiger partial charge >= 0.3 is 5.97 Å². The Labute approximate surface area is 124 Å². The van der Waals surface area contributed by atoms with Gasteiger partial charge in [-0.2, -0.15) is 0 Å². The summed E-state index contributed by atoms with van der Waals surface area (Å²) >= 11 is 3.28. The van der Waals surface area contributed by atoms with Crippen molar-refractivity contribution in [2.45, 2.75) is 12.8 Å². The van der Waals surface area contributed by atoms with E-state index in [1.165, 1.54) is 6.07 Å². The number of pyridine rings is 1. The third kappa shape index (κ3) is 3.87. The van der Waals surface area contributed by atoms with E-state index in [0.29, 0.717) is 11.3 Å². The summed E-state index contributed by atoms with van der Waals surface area (Å²) < 4.78 is 14.4. The highest BCUT2D eigenvalue weighted by Crippen LogP contribution is 2.17.